The Bertz CT molecular complexity index is 581. The van der Waals surface area contributed by atoms with Crippen molar-refractivity contribution in [2.24, 2.45) is 0 Å². The highest BCUT2D eigenvalue weighted by atomic mass is 16.5. The van der Waals surface area contributed by atoms with Gasteiger partial charge in [-0.05, 0) is 43.1 Å². The zero-order valence-corrected chi connectivity index (χ0v) is 11.3. The predicted octanol–water partition coefficient (Wildman–Crippen LogP) is 0.237. The second-order valence-electron chi connectivity index (χ2n) is 4.52. The van der Waals surface area contributed by atoms with Crippen LogP contribution in [0, 0.1) is 13.8 Å². The van der Waals surface area contributed by atoms with Crippen molar-refractivity contribution in [3.63, 3.8) is 0 Å². The summed E-state index contributed by atoms with van der Waals surface area (Å²) in [7, 11) is 0.0789. The largest absolute Gasteiger partial charge is 0.497 e. The molecule has 6 heteroatoms. The number of aryl methyl sites for hydroxylation is 2. The molecule has 0 radical (unpaired) electrons. The fourth-order valence-electron chi connectivity index (χ4n) is 2.09. The van der Waals surface area contributed by atoms with E-state index in [-0.39, 0.29) is 0 Å². The average Bonchev–Trinajstić information content (AvgIpc) is 2.67. The molecule has 1 heterocycles. The lowest BCUT2D eigenvalue weighted by Crippen LogP contribution is -2.33. The van der Waals surface area contributed by atoms with Gasteiger partial charge in [0.05, 0.1) is 19.3 Å². The molecule has 1 aromatic carbocycles. The van der Waals surface area contributed by atoms with Crippen LogP contribution in [0.3, 0.4) is 0 Å². The van der Waals surface area contributed by atoms with Gasteiger partial charge in [0.25, 0.3) is 0 Å². The maximum absolute atomic E-state index is 9.41. The lowest BCUT2D eigenvalue weighted by Gasteiger charge is -2.12. The van der Waals surface area contributed by atoms with Crippen molar-refractivity contribution in [1.29, 1.82) is 0 Å². The summed E-state index contributed by atoms with van der Waals surface area (Å²) in [6, 6.07) is 7.14. The van der Waals surface area contributed by atoms with E-state index >= 15 is 0 Å². The minimum Gasteiger partial charge on any atom is -0.497 e. The van der Waals surface area contributed by atoms with Crippen LogP contribution in [0.15, 0.2) is 24.3 Å². The highest BCUT2D eigenvalue weighted by Gasteiger charge is 2.17. The van der Waals surface area contributed by atoms with Crippen LogP contribution in [0.4, 0.5) is 0 Å². The van der Waals surface area contributed by atoms with Crippen molar-refractivity contribution >= 4 is 12.6 Å². The lowest BCUT2D eigenvalue weighted by molar-refractivity contribution is 0.413. The topological polar surface area (TPSA) is 67.5 Å². The second kappa shape index (κ2) is 5.46. The van der Waals surface area contributed by atoms with E-state index in [0.29, 0.717) is 17.8 Å². The van der Waals surface area contributed by atoms with Crippen molar-refractivity contribution in [2.75, 3.05) is 7.11 Å². The first-order valence-corrected chi connectivity index (χ1v) is 6.05. The second-order valence-corrected chi connectivity index (χ2v) is 4.52. The molecule has 0 aliphatic rings. The maximum atomic E-state index is 9.41. The molecular formula is C13H17BN2O3. The van der Waals surface area contributed by atoms with E-state index in [1.807, 2.05) is 24.6 Å². The first kappa shape index (κ1) is 13.6. The number of nitrogens with zero attached hydrogens (tertiary/aromatic N) is 2. The van der Waals surface area contributed by atoms with Crippen LogP contribution in [-0.2, 0) is 6.54 Å². The molecule has 100 valence electrons. The smallest absolute Gasteiger partial charge is 0.488 e. The highest BCUT2D eigenvalue weighted by Crippen LogP contribution is 2.13. The molecule has 1 aromatic heterocycles. The van der Waals surface area contributed by atoms with Crippen LogP contribution in [0.2, 0.25) is 0 Å². The first-order chi connectivity index (χ1) is 9.01. The molecule has 0 spiro atoms. The summed E-state index contributed by atoms with van der Waals surface area (Å²) >= 11 is 0. The van der Waals surface area contributed by atoms with Crippen LogP contribution < -0.4 is 10.2 Å². The first-order valence-electron chi connectivity index (χ1n) is 6.05. The van der Waals surface area contributed by atoms with Crippen molar-refractivity contribution in [3.05, 3.63) is 41.2 Å². The molecule has 19 heavy (non-hydrogen) atoms. The molecule has 0 fully saturated rings. The molecule has 0 amide bonds. The zero-order chi connectivity index (χ0) is 14.0. The molecule has 0 bridgehead atoms. The van der Waals surface area contributed by atoms with Crippen LogP contribution >= 0.6 is 0 Å². The molecule has 0 saturated heterocycles. The third-order valence-electron chi connectivity index (χ3n) is 3.05. The van der Waals surface area contributed by atoms with Gasteiger partial charge in [0.15, 0.2) is 0 Å². The van der Waals surface area contributed by atoms with Crippen LogP contribution in [0.1, 0.15) is 17.0 Å². The van der Waals surface area contributed by atoms with E-state index in [1.165, 1.54) is 0 Å². The third kappa shape index (κ3) is 2.97. The Kier molecular flexibility index (Phi) is 3.92. The summed E-state index contributed by atoms with van der Waals surface area (Å²) in [4.78, 5) is 0. The quantitative estimate of drug-likeness (QED) is 0.772. The third-order valence-corrected chi connectivity index (χ3v) is 3.05. The van der Waals surface area contributed by atoms with Crippen LogP contribution in [0.25, 0.3) is 0 Å². The van der Waals surface area contributed by atoms with Crippen LogP contribution in [-0.4, -0.2) is 34.1 Å². The van der Waals surface area contributed by atoms with Gasteiger partial charge in [-0.3, -0.25) is 4.68 Å². The Balaban J connectivity index is 2.39. The standard InChI is InChI=1S/C13H17BN2O3/c1-9-6-10(2)16(15-9)8-11-7-12(19-3)4-5-13(11)14(17)18/h4-7,17-18H,8H2,1-3H3. The molecular weight excluding hydrogens is 243 g/mol. The Morgan fingerprint density at radius 3 is 2.53 bits per heavy atom. The van der Waals surface area contributed by atoms with E-state index < -0.39 is 7.12 Å². The summed E-state index contributed by atoms with van der Waals surface area (Å²) in [5.41, 5.74) is 3.21. The van der Waals surface area contributed by atoms with Crippen molar-refractivity contribution < 1.29 is 14.8 Å². The van der Waals surface area contributed by atoms with Crippen LogP contribution in [0.5, 0.6) is 5.75 Å². The van der Waals surface area contributed by atoms with E-state index in [2.05, 4.69) is 5.10 Å². The molecule has 0 saturated carbocycles. The highest BCUT2D eigenvalue weighted by molar-refractivity contribution is 6.59. The van der Waals surface area contributed by atoms with Gasteiger partial charge in [0.2, 0.25) is 0 Å². The Hall–Kier alpha value is -1.79. The summed E-state index contributed by atoms with van der Waals surface area (Å²) < 4.78 is 7.00. The Morgan fingerprint density at radius 2 is 2.00 bits per heavy atom. The minimum atomic E-state index is -1.50. The molecule has 5 nitrogen and oxygen atoms in total. The normalized spacial score (nSPS) is 10.6. The molecule has 2 N–H and O–H groups in total. The van der Waals surface area contributed by atoms with Gasteiger partial charge < -0.3 is 14.8 Å². The fraction of sp³-hybridized carbons (Fsp3) is 0.308. The van der Waals surface area contributed by atoms with Gasteiger partial charge in [0, 0.05) is 5.69 Å². The number of hydrogen-bond acceptors (Lipinski definition) is 4. The number of hydrogen-bond donors (Lipinski definition) is 2. The van der Waals surface area contributed by atoms with E-state index in [1.54, 1.807) is 25.3 Å². The van der Waals surface area contributed by atoms with E-state index in [9.17, 15) is 10.0 Å². The summed E-state index contributed by atoms with van der Waals surface area (Å²) in [5.74, 6) is 0.681. The lowest BCUT2D eigenvalue weighted by atomic mass is 9.77. The summed E-state index contributed by atoms with van der Waals surface area (Å²) in [6.45, 7) is 4.37. The van der Waals surface area contributed by atoms with Gasteiger partial charge in [-0.25, -0.2) is 0 Å². The van der Waals surface area contributed by atoms with E-state index in [4.69, 9.17) is 4.74 Å². The number of benzene rings is 1. The molecule has 0 aliphatic heterocycles. The molecule has 0 aliphatic carbocycles. The molecule has 2 rings (SSSR count). The van der Waals surface area contributed by atoms with Crippen molar-refractivity contribution in [3.8, 4) is 5.75 Å². The van der Waals surface area contributed by atoms with Gasteiger partial charge in [-0.1, -0.05) is 6.07 Å². The molecule has 0 unspecified atom stereocenters. The summed E-state index contributed by atoms with van der Waals surface area (Å²) in [6.07, 6.45) is 0. The van der Waals surface area contributed by atoms with Crippen molar-refractivity contribution in [2.45, 2.75) is 20.4 Å². The minimum absolute atomic E-state index is 0.466. The monoisotopic (exact) mass is 260 g/mol. The number of rotatable bonds is 4. The average molecular weight is 260 g/mol. The van der Waals surface area contributed by atoms with Crippen molar-refractivity contribution in [1.82, 2.24) is 9.78 Å². The zero-order valence-electron chi connectivity index (χ0n) is 11.3. The van der Waals surface area contributed by atoms with Gasteiger partial charge >= 0.3 is 7.12 Å². The summed E-state index contributed by atoms with van der Waals surface area (Å²) in [5, 5.41) is 23.2. The van der Waals surface area contributed by atoms with Gasteiger partial charge in [-0.2, -0.15) is 5.10 Å². The Morgan fingerprint density at radius 1 is 1.26 bits per heavy atom. The molecule has 2 aromatic rings. The number of aromatic nitrogens is 2. The number of ether oxygens (including phenoxy) is 1. The van der Waals surface area contributed by atoms with Gasteiger partial charge in [0.1, 0.15) is 5.75 Å². The fourth-order valence-corrected chi connectivity index (χ4v) is 2.09. The molecule has 0 atom stereocenters. The maximum Gasteiger partial charge on any atom is 0.488 e. The van der Waals surface area contributed by atoms with Gasteiger partial charge in [-0.15, -0.1) is 0 Å². The SMILES string of the molecule is COc1ccc(B(O)O)c(Cn2nc(C)cc2C)c1. The number of methoxy groups -OCH3 is 1. The Labute approximate surface area is 112 Å². The predicted molar refractivity (Wildman–Crippen MR) is 73.6 cm³/mol. The van der Waals surface area contributed by atoms with E-state index in [0.717, 1.165) is 17.0 Å².